The number of halogens is 7. The zero-order chi connectivity index (χ0) is 19.4. The molecule has 5 nitrogen and oxygen atoms in total. The number of aromatic nitrogens is 2. The van der Waals surface area contributed by atoms with Gasteiger partial charge in [-0.05, 0) is 18.2 Å². The quantitative estimate of drug-likeness (QED) is 0.601. The number of nitrogens with zero attached hydrogens (tertiary/aromatic N) is 2. The van der Waals surface area contributed by atoms with E-state index in [0.29, 0.717) is 22.9 Å². The topological polar surface area (TPSA) is 72.2 Å². The molecule has 0 saturated heterocycles. The van der Waals surface area contributed by atoms with E-state index in [9.17, 15) is 34.8 Å². The highest BCUT2D eigenvalue weighted by Crippen LogP contribution is 2.44. The Bertz CT molecular complexity index is 934. The zero-order valence-electron chi connectivity index (χ0n) is 11.9. The number of benzene rings is 1. The van der Waals surface area contributed by atoms with Crippen LogP contribution < -0.4 is 0 Å². The summed E-state index contributed by atoms with van der Waals surface area (Å²) in [7, 11) is -4.08. The Morgan fingerprint density at radius 3 is 2.08 bits per heavy atom. The van der Waals surface area contributed by atoms with Crippen molar-refractivity contribution in [2.24, 2.45) is 7.05 Å². The average molecular weight is 409 g/mol. The van der Waals surface area contributed by atoms with Crippen LogP contribution in [0.15, 0.2) is 23.1 Å². The summed E-state index contributed by atoms with van der Waals surface area (Å²) in [6.07, 6.45) is -10.00. The number of alkyl halides is 6. The monoisotopic (exact) mass is 408 g/mol. The molecule has 0 spiro atoms. The predicted molar refractivity (Wildman–Crippen MR) is 73.5 cm³/mol. The Hall–Kier alpha value is -1.79. The first-order valence-electron chi connectivity index (χ1n) is 6.13. The van der Waals surface area contributed by atoms with E-state index in [1.807, 2.05) is 0 Å². The van der Waals surface area contributed by atoms with Gasteiger partial charge in [0, 0.05) is 12.6 Å². The summed E-state index contributed by atoms with van der Waals surface area (Å²) in [6.45, 7) is 0. The fourth-order valence-corrected chi connectivity index (χ4v) is 3.21. The van der Waals surface area contributed by atoms with Crippen LogP contribution in [-0.2, 0) is 29.5 Å². The van der Waals surface area contributed by atoms with Gasteiger partial charge in [-0.15, -0.1) is 0 Å². The smallest absolute Gasteiger partial charge is 0.282 e. The summed E-state index contributed by atoms with van der Waals surface area (Å²) in [6, 6.07) is 1.000. The Morgan fingerprint density at radius 2 is 1.68 bits per heavy atom. The number of aryl methyl sites for hydroxylation is 1. The van der Waals surface area contributed by atoms with E-state index >= 15 is 0 Å². The fourth-order valence-electron chi connectivity index (χ4n) is 2.08. The molecular formula is C12H7ClF6N2O3S. The van der Waals surface area contributed by atoms with Gasteiger partial charge in [-0.25, -0.2) is 0 Å². The first-order chi connectivity index (χ1) is 11.1. The minimum atomic E-state index is -5.06. The van der Waals surface area contributed by atoms with Crippen LogP contribution in [0.25, 0.3) is 11.3 Å². The lowest BCUT2D eigenvalue weighted by molar-refractivity contribution is -0.141. The summed E-state index contributed by atoms with van der Waals surface area (Å²) >= 11 is 5.67. The molecule has 0 aliphatic heterocycles. The van der Waals surface area contributed by atoms with E-state index in [0.717, 1.165) is 7.05 Å². The Kier molecular flexibility index (Phi) is 4.60. The van der Waals surface area contributed by atoms with Crippen molar-refractivity contribution >= 4 is 21.7 Å². The first kappa shape index (κ1) is 19.5. The maximum Gasteiger partial charge on any atom is 0.435 e. The van der Waals surface area contributed by atoms with Crippen LogP contribution >= 0.6 is 11.6 Å². The molecule has 1 heterocycles. The van der Waals surface area contributed by atoms with Gasteiger partial charge in [0.25, 0.3) is 10.1 Å². The number of hydrogen-bond donors (Lipinski definition) is 1. The third-order valence-corrected chi connectivity index (χ3v) is 4.52. The maximum absolute atomic E-state index is 13.2. The van der Waals surface area contributed by atoms with E-state index in [-0.39, 0.29) is 0 Å². The number of rotatable bonds is 2. The molecule has 0 atom stereocenters. The Balaban J connectivity index is 2.90. The molecule has 1 aromatic heterocycles. The molecule has 0 amide bonds. The Labute approximate surface area is 141 Å². The molecule has 0 saturated carbocycles. The van der Waals surface area contributed by atoms with Crippen LogP contribution in [0.2, 0.25) is 5.02 Å². The molecule has 2 rings (SSSR count). The molecule has 0 aliphatic rings. The van der Waals surface area contributed by atoms with E-state index in [2.05, 4.69) is 5.10 Å². The maximum atomic E-state index is 13.2. The van der Waals surface area contributed by atoms with Gasteiger partial charge < -0.3 is 0 Å². The van der Waals surface area contributed by atoms with Crippen molar-refractivity contribution in [3.8, 4) is 11.3 Å². The third kappa shape index (κ3) is 3.75. The molecular weight excluding hydrogens is 402 g/mol. The lowest BCUT2D eigenvalue weighted by Gasteiger charge is -2.16. The molecule has 1 N–H and O–H groups in total. The standard InChI is InChI=1S/C12H7ClF6N2O3S/c1-21-6(4-8(20-21)12(17,18)19)9-5(11(14,15)16)2-3-7(10(9)13)25(22,23)24/h2-4H,1H3,(H,22,23,24). The van der Waals surface area contributed by atoms with E-state index in [4.69, 9.17) is 16.2 Å². The van der Waals surface area contributed by atoms with Crippen LogP contribution in [0.5, 0.6) is 0 Å². The van der Waals surface area contributed by atoms with Crippen LogP contribution in [0, 0.1) is 0 Å². The summed E-state index contributed by atoms with van der Waals surface area (Å²) < 4.78 is 110. The average Bonchev–Trinajstić information content (AvgIpc) is 2.77. The van der Waals surface area contributed by atoms with Gasteiger partial charge in [0.2, 0.25) is 0 Å². The summed E-state index contributed by atoms with van der Waals surface area (Å²) in [5, 5.41) is 1.99. The summed E-state index contributed by atoms with van der Waals surface area (Å²) in [5.41, 5.74) is -4.75. The largest absolute Gasteiger partial charge is 0.435 e. The van der Waals surface area contributed by atoms with Crippen molar-refractivity contribution in [1.29, 1.82) is 0 Å². The molecule has 138 valence electrons. The van der Waals surface area contributed by atoms with Gasteiger partial charge >= 0.3 is 12.4 Å². The van der Waals surface area contributed by atoms with Crippen molar-refractivity contribution < 1.29 is 39.3 Å². The lowest BCUT2D eigenvalue weighted by atomic mass is 10.0. The SMILES string of the molecule is Cn1nc(C(F)(F)F)cc1-c1c(C(F)(F)F)ccc(S(=O)(=O)O)c1Cl. The van der Waals surface area contributed by atoms with E-state index in [1.54, 1.807) is 0 Å². The molecule has 2 aromatic rings. The van der Waals surface area contributed by atoms with Gasteiger partial charge in [0.1, 0.15) is 4.90 Å². The first-order valence-corrected chi connectivity index (χ1v) is 7.94. The number of hydrogen-bond acceptors (Lipinski definition) is 3. The zero-order valence-corrected chi connectivity index (χ0v) is 13.5. The van der Waals surface area contributed by atoms with Crippen molar-refractivity contribution in [2.45, 2.75) is 17.2 Å². The van der Waals surface area contributed by atoms with Crippen LogP contribution in [0.3, 0.4) is 0 Å². The molecule has 13 heteroatoms. The lowest BCUT2D eigenvalue weighted by Crippen LogP contribution is -2.11. The van der Waals surface area contributed by atoms with Gasteiger partial charge in [-0.2, -0.15) is 39.9 Å². The molecule has 25 heavy (non-hydrogen) atoms. The van der Waals surface area contributed by atoms with Gasteiger partial charge in [0.05, 0.1) is 16.3 Å². The second-order valence-corrected chi connectivity index (χ2v) is 6.58. The molecule has 0 radical (unpaired) electrons. The van der Waals surface area contributed by atoms with Crippen molar-refractivity contribution in [1.82, 2.24) is 9.78 Å². The van der Waals surface area contributed by atoms with Crippen molar-refractivity contribution in [3.63, 3.8) is 0 Å². The van der Waals surface area contributed by atoms with E-state index in [1.165, 1.54) is 0 Å². The van der Waals surface area contributed by atoms with Gasteiger partial charge in [0.15, 0.2) is 5.69 Å². The van der Waals surface area contributed by atoms with Crippen LogP contribution in [0.4, 0.5) is 26.3 Å². The molecule has 0 bridgehead atoms. The van der Waals surface area contributed by atoms with Gasteiger partial charge in [-0.3, -0.25) is 9.23 Å². The second-order valence-electron chi connectivity index (χ2n) is 4.81. The highest BCUT2D eigenvalue weighted by molar-refractivity contribution is 7.86. The summed E-state index contributed by atoms with van der Waals surface area (Å²) in [5.74, 6) is 0. The molecule has 1 aromatic carbocycles. The minimum Gasteiger partial charge on any atom is -0.282 e. The second kappa shape index (κ2) is 5.88. The minimum absolute atomic E-state index is 0.296. The van der Waals surface area contributed by atoms with Gasteiger partial charge in [-0.1, -0.05) is 11.6 Å². The predicted octanol–water partition coefficient (Wildman–Crippen LogP) is 4.02. The highest BCUT2D eigenvalue weighted by Gasteiger charge is 2.39. The highest BCUT2D eigenvalue weighted by atomic mass is 35.5. The molecule has 0 aliphatic carbocycles. The normalized spacial score (nSPS) is 13.3. The third-order valence-electron chi connectivity index (χ3n) is 3.12. The molecule has 0 unspecified atom stereocenters. The summed E-state index contributed by atoms with van der Waals surface area (Å²) in [4.78, 5) is -1.08. The van der Waals surface area contributed by atoms with Crippen LogP contribution in [-0.4, -0.2) is 22.8 Å². The van der Waals surface area contributed by atoms with Crippen LogP contribution in [0.1, 0.15) is 11.3 Å². The van der Waals surface area contributed by atoms with Crippen molar-refractivity contribution in [3.05, 3.63) is 34.5 Å². The van der Waals surface area contributed by atoms with E-state index < -0.39 is 54.9 Å². The Morgan fingerprint density at radius 1 is 1.12 bits per heavy atom. The fraction of sp³-hybridized carbons (Fsp3) is 0.250. The molecule has 0 fully saturated rings. The van der Waals surface area contributed by atoms with Crippen molar-refractivity contribution in [2.75, 3.05) is 0 Å².